The number of nitrogens with one attached hydrogen (secondary N) is 1. The highest BCUT2D eigenvalue weighted by Crippen LogP contribution is 2.18. The second-order valence-corrected chi connectivity index (χ2v) is 4.78. The fourth-order valence-corrected chi connectivity index (χ4v) is 1.62. The summed E-state index contributed by atoms with van der Waals surface area (Å²) in [7, 11) is 0. The Morgan fingerprint density at radius 2 is 2.16 bits per heavy atom. The van der Waals surface area contributed by atoms with Gasteiger partial charge in [0.25, 0.3) is 0 Å². The lowest BCUT2D eigenvalue weighted by Crippen LogP contribution is -2.40. The number of hydrogen-bond donors (Lipinski definition) is 2. The Morgan fingerprint density at radius 3 is 2.79 bits per heavy atom. The second-order valence-electron chi connectivity index (χ2n) is 4.78. The molecule has 0 aliphatic carbocycles. The van der Waals surface area contributed by atoms with Crippen LogP contribution in [0.3, 0.4) is 0 Å². The largest absolute Gasteiger partial charge is 0.494 e. The van der Waals surface area contributed by atoms with Crippen LogP contribution < -0.4 is 15.8 Å². The van der Waals surface area contributed by atoms with Gasteiger partial charge in [-0.1, -0.05) is 33.3 Å². The van der Waals surface area contributed by atoms with Gasteiger partial charge in [-0.2, -0.15) is 0 Å². The Labute approximate surface area is 115 Å². The molecule has 0 aromatic heterocycles. The van der Waals surface area contributed by atoms with Gasteiger partial charge in [-0.3, -0.25) is 4.79 Å². The molecule has 4 heteroatoms. The molecule has 3 N–H and O–H groups in total. The highest BCUT2D eigenvalue weighted by Gasteiger charge is 2.19. The van der Waals surface area contributed by atoms with Gasteiger partial charge >= 0.3 is 0 Å². The molecule has 0 unspecified atom stereocenters. The van der Waals surface area contributed by atoms with E-state index in [0.717, 1.165) is 24.3 Å². The molecule has 1 amide bonds. The Bertz CT molecular complexity index is 407. The number of rotatable bonds is 7. The SMILES string of the molecule is CCCOc1cccc(NC(=O)[C@@H](N)[C@@H](C)CC)c1. The van der Waals surface area contributed by atoms with Gasteiger partial charge in [0, 0.05) is 11.8 Å². The van der Waals surface area contributed by atoms with E-state index in [-0.39, 0.29) is 11.8 Å². The van der Waals surface area contributed by atoms with Gasteiger partial charge in [0.05, 0.1) is 12.6 Å². The number of hydrogen-bond acceptors (Lipinski definition) is 3. The molecule has 0 aliphatic heterocycles. The molecule has 2 atom stereocenters. The van der Waals surface area contributed by atoms with E-state index >= 15 is 0 Å². The molecule has 1 rings (SSSR count). The van der Waals surface area contributed by atoms with Crippen LogP contribution in [0.4, 0.5) is 5.69 Å². The Hall–Kier alpha value is -1.55. The number of nitrogens with two attached hydrogens (primary N) is 1. The zero-order chi connectivity index (χ0) is 14.3. The Kier molecular flexibility index (Phi) is 6.36. The summed E-state index contributed by atoms with van der Waals surface area (Å²) in [6.45, 7) is 6.72. The zero-order valence-corrected chi connectivity index (χ0v) is 12.0. The number of amides is 1. The van der Waals surface area contributed by atoms with Gasteiger partial charge in [-0.05, 0) is 24.5 Å². The predicted octanol–water partition coefficient (Wildman–Crippen LogP) is 2.79. The third kappa shape index (κ3) is 4.91. The molecule has 19 heavy (non-hydrogen) atoms. The van der Waals surface area contributed by atoms with Gasteiger partial charge in [0.2, 0.25) is 5.91 Å². The first-order valence-corrected chi connectivity index (χ1v) is 6.87. The predicted molar refractivity (Wildman–Crippen MR) is 78.3 cm³/mol. The molecule has 0 fully saturated rings. The van der Waals surface area contributed by atoms with Crippen molar-refractivity contribution < 1.29 is 9.53 Å². The molecule has 0 saturated carbocycles. The summed E-state index contributed by atoms with van der Waals surface area (Å²) >= 11 is 0. The van der Waals surface area contributed by atoms with Gasteiger partial charge in [-0.15, -0.1) is 0 Å². The maximum Gasteiger partial charge on any atom is 0.241 e. The third-order valence-corrected chi connectivity index (χ3v) is 3.13. The summed E-state index contributed by atoms with van der Waals surface area (Å²) in [5, 5.41) is 2.83. The number of ether oxygens (including phenoxy) is 1. The summed E-state index contributed by atoms with van der Waals surface area (Å²) in [5.41, 5.74) is 6.61. The van der Waals surface area contributed by atoms with Crippen molar-refractivity contribution in [3.05, 3.63) is 24.3 Å². The van der Waals surface area contributed by atoms with E-state index in [1.807, 2.05) is 38.1 Å². The van der Waals surface area contributed by atoms with E-state index in [0.29, 0.717) is 6.61 Å². The Morgan fingerprint density at radius 1 is 1.42 bits per heavy atom. The normalized spacial score (nSPS) is 13.7. The van der Waals surface area contributed by atoms with E-state index in [1.54, 1.807) is 0 Å². The van der Waals surface area contributed by atoms with Crippen LogP contribution >= 0.6 is 0 Å². The molecule has 4 nitrogen and oxygen atoms in total. The van der Waals surface area contributed by atoms with Crippen molar-refractivity contribution in [3.63, 3.8) is 0 Å². The topological polar surface area (TPSA) is 64.3 Å². The van der Waals surface area contributed by atoms with Crippen molar-refractivity contribution in [2.75, 3.05) is 11.9 Å². The first-order chi connectivity index (χ1) is 9.08. The van der Waals surface area contributed by atoms with Crippen molar-refractivity contribution in [3.8, 4) is 5.75 Å². The molecule has 0 radical (unpaired) electrons. The molecular weight excluding hydrogens is 240 g/mol. The van der Waals surface area contributed by atoms with Crippen LogP contribution in [0.2, 0.25) is 0 Å². The maximum atomic E-state index is 12.0. The monoisotopic (exact) mass is 264 g/mol. The highest BCUT2D eigenvalue weighted by molar-refractivity contribution is 5.95. The average molecular weight is 264 g/mol. The summed E-state index contributed by atoms with van der Waals surface area (Å²) in [5.74, 6) is 0.776. The van der Waals surface area contributed by atoms with Crippen LogP contribution in [0.1, 0.15) is 33.6 Å². The molecule has 0 spiro atoms. The van der Waals surface area contributed by atoms with Crippen molar-refractivity contribution in [1.29, 1.82) is 0 Å². The standard InChI is InChI=1S/C15H24N2O2/c1-4-9-19-13-8-6-7-12(10-13)17-15(18)14(16)11(3)5-2/h6-8,10-11,14H,4-5,9,16H2,1-3H3,(H,17,18)/t11-,14-/m0/s1. The first kappa shape index (κ1) is 15.5. The van der Waals surface area contributed by atoms with Crippen LogP contribution in [-0.2, 0) is 4.79 Å². The number of carbonyl (C=O) groups is 1. The van der Waals surface area contributed by atoms with Crippen molar-refractivity contribution in [1.82, 2.24) is 0 Å². The molecule has 1 aromatic carbocycles. The van der Waals surface area contributed by atoms with E-state index < -0.39 is 6.04 Å². The van der Waals surface area contributed by atoms with E-state index in [4.69, 9.17) is 10.5 Å². The van der Waals surface area contributed by atoms with Crippen LogP contribution in [0.5, 0.6) is 5.75 Å². The van der Waals surface area contributed by atoms with Crippen molar-refractivity contribution in [2.45, 2.75) is 39.7 Å². The first-order valence-electron chi connectivity index (χ1n) is 6.87. The second kappa shape index (κ2) is 7.79. The maximum absolute atomic E-state index is 12.0. The molecule has 0 bridgehead atoms. The van der Waals surface area contributed by atoms with E-state index in [9.17, 15) is 4.79 Å². The van der Waals surface area contributed by atoms with Crippen LogP contribution in [-0.4, -0.2) is 18.6 Å². The van der Waals surface area contributed by atoms with Gasteiger partial charge in [0.1, 0.15) is 5.75 Å². The van der Waals surface area contributed by atoms with Crippen LogP contribution in [0.15, 0.2) is 24.3 Å². The molecule has 1 aromatic rings. The average Bonchev–Trinajstić information content (AvgIpc) is 2.43. The van der Waals surface area contributed by atoms with Crippen molar-refractivity contribution >= 4 is 11.6 Å². The van der Waals surface area contributed by atoms with Gasteiger partial charge < -0.3 is 15.8 Å². The molecule has 106 valence electrons. The fourth-order valence-electron chi connectivity index (χ4n) is 1.62. The van der Waals surface area contributed by atoms with E-state index in [1.165, 1.54) is 0 Å². The minimum atomic E-state index is -0.481. The lowest BCUT2D eigenvalue weighted by atomic mass is 9.99. The Balaban J connectivity index is 2.63. The minimum absolute atomic E-state index is 0.151. The van der Waals surface area contributed by atoms with Gasteiger partial charge in [-0.25, -0.2) is 0 Å². The zero-order valence-electron chi connectivity index (χ0n) is 12.0. The van der Waals surface area contributed by atoms with Crippen LogP contribution in [0.25, 0.3) is 0 Å². The fraction of sp³-hybridized carbons (Fsp3) is 0.533. The molecule has 0 saturated heterocycles. The number of anilines is 1. The number of carbonyl (C=O) groups excluding carboxylic acids is 1. The third-order valence-electron chi connectivity index (χ3n) is 3.13. The smallest absolute Gasteiger partial charge is 0.241 e. The summed E-state index contributed by atoms with van der Waals surface area (Å²) in [4.78, 5) is 12.0. The highest BCUT2D eigenvalue weighted by atomic mass is 16.5. The van der Waals surface area contributed by atoms with Crippen LogP contribution in [0, 0.1) is 5.92 Å². The van der Waals surface area contributed by atoms with Crippen molar-refractivity contribution in [2.24, 2.45) is 11.7 Å². The minimum Gasteiger partial charge on any atom is -0.494 e. The van der Waals surface area contributed by atoms with E-state index in [2.05, 4.69) is 12.2 Å². The molecule has 0 aliphatic rings. The number of benzene rings is 1. The lowest BCUT2D eigenvalue weighted by molar-refractivity contribution is -0.118. The summed E-state index contributed by atoms with van der Waals surface area (Å²) in [6.07, 6.45) is 1.84. The van der Waals surface area contributed by atoms with Gasteiger partial charge in [0.15, 0.2) is 0 Å². The summed E-state index contributed by atoms with van der Waals surface area (Å²) in [6, 6.07) is 6.90. The summed E-state index contributed by atoms with van der Waals surface area (Å²) < 4.78 is 5.52. The lowest BCUT2D eigenvalue weighted by Gasteiger charge is -2.18. The molecule has 0 heterocycles. The molecular formula is C15H24N2O2. The quantitative estimate of drug-likeness (QED) is 0.796.